The number of halogens is 1. The van der Waals surface area contributed by atoms with Crippen LogP contribution in [-0.2, 0) is 17.6 Å². The summed E-state index contributed by atoms with van der Waals surface area (Å²) in [7, 11) is 3.57. The zero-order valence-corrected chi connectivity index (χ0v) is 23.6. The number of nitrogens with one attached hydrogen (secondary N) is 2. The van der Waals surface area contributed by atoms with Crippen LogP contribution in [0.15, 0.2) is 30.5 Å². The van der Waals surface area contributed by atoms with Gasteiger partial charge in [0, 0.05) is 51.8 Å². The largest absolute Gasteiger partial charge is 0.471 e. The van der Waals surface area contributed by atoms with Crippen molar-refractivity contribution in [2.24, 2.45) is 5.41 Å². The topological polar surface area (TPSA) is 86.7 Å². The van der Waals surface area contributed by atoms with E-state index in [0.717, 1.165) is 43.2 Å². The predicted octanol–water partition coefficient (Wildman–Crippen LogP) is 4.32. The Morgan fingerprint density at radius 2 is 2.00 bits per heavy atom. The lowest BCUT2D eigenvalue weighted by molar-refractivity contribution is -0.120. The molecule has 2 aromatic rings. The van der Waals surface area contributed by atoms with Gasteiger partial charge in [-0.1, -0.05) is 26.8 Å². The Morgan fingerprint density at radius 3 is 2.61 bits per heavy atom. The van der Waals surface area contributed by atoms with Crippen molar-refractivity contribution in [3.05, 3.63) is 53.0 Å². The summed E-state index contributed by atoms with van der Waals surface area (Å²) >= 11 is 0. The third-order valence-corrected chi connectivity index (χ3v) is 7.57. The molecule has 1 amide bonds. The summed E-state index contributed by atoms with van der Waals surface area (Å²) in [6, 6.07) is 6.55. The Balaban J connectivity index is 1.51. The summed E-state index contributed by atoms with van der Waals surface area (Å²) in [6.45, 7) is 8.37. The number of benzene rings is 1. The van der Waals surface area contributed by atoms with Crippen LogP contribution in [-0.4, -0.2) is 54.4 Å². The fourth-order valence-corrected chi connectivity index (χ4v) is 5.58. The first-order valence-electron chi connectivity index (χ1n) is 13.7. The number of hydrogen-bond donors (Lipinski definition) is 3. The van der Waals surface area contributed by atoms with E-state index in [1.807, 2.05) is 6.20 Å². The summed E-state index contributed by atoms with van der Waals surface area (Å²) < 4.78 is 20.6. The second-order valence-electron chi connectivity index (χ2n) is 12.5. The van der Waals surface area contributed by atoms with Crippen LogP contribution < -0.4 is 20.3 Å². The highest BCUT2D eigenvalue weighted by Crippen LogP contribution is 2.48. The maximum absolute atomic E-state index is 14.2. The van der Waals surface area contributed by atoms with Crippen LogP contribution in [0.4, 0.5) is 10.1 Å². The number of ether oxygens (including phenoxy) is 1. The maximum Gasteiger partial charge on any atom is 0.218 e. The second-order valence-corrected chi connectivity index (χ2v) is 12.5. The minimum Gasteiger partial charge on any atom is -0.471 e. The molecule has 0 radical (unpaired) electrons. The van der Waals surface area contributed by atoms with Gasteiger partial charge >= 0.3 is 0 Å². The Kier molecular flexibility index (Phi) is 8.33. The van der Waals surface area contributed by atoms with E-state index in [-0.39, 0.29) is 35.3 Å². The number of rotatable bonds is 9. The molecule has 3 atom stereocenters. The van der Waals surface area contributed by atoms with E-state index in [4.69, 9.17) is 9.72 Å². The SMILES string of the molecule is CC(=O)N[C@@H](Cc1ccc(F)c(N(C)C)c1)[C@@H](O)CN[C@H]1CC2(CCC2)Oc2ncc(CC(C)(C)C)cc21. The number of carbonyl (C=O) groups excluding carboxylic acids is 1. The quantitative estimate of drug-likeness (QED) is 0.451. The van der Waals surface area contributed by atoms with Gasteiger partial charge in [0.25, 0.3) is 0 Å². The zero-order valence-electron chi connectivity index (χ0n) is 23.6. The van der Waals surface area contributed by atoms with Gasteiger partial charge in [0.05, 0.1) is 17.8 Å². The number of aliphatic hydroxyl groups excluding tert-OH is 1. The zero-order chi connectivity index (χ0) is 27.7. The highest BCUT2D eigenvalue weighted by molar-refractivity contribution is 5.73. The van der Waals surface area contributed by atoms with Gasteiger partial charge in [-0.3, -0.25) is 4.79 Å². The Bertz CT molecular complexity index is 1140. The monoisotopic (exact) mass is 526 g/mol. The fraction of sp³-hybridized carbons (Fsp3) is 0.600. The molecule has 0 unspecified atom stereocenters. The minimum absolute atomic E-state index is 0.00902. The van der Waals surface area contributed by atoms with Gasteiger partial charge in [0.15, 0.2) is 0 Å². The van der Waals surface area contributed by atoms with Gasteiger partial charge in [-0.05, 0) is 66.8 Å². The molecule has 7 nitrogen and oxygen atoms in total. The van der Waals surface area contributed by atoms with Crippen molar-refractivity contribution in [2.45, 2.75) is 90.0 Å². The number of aromatic nitrogens is 1. The molecule has 2 aliphatic rings. The van der Waals surface area contributed by atoms with Crippen molar-refractivity contribution in [1.29, 1.82) is 0 Å². The summed E-state index contributed by atoms with van der Waals surface area (Å²) in [5.74, 6) is 0.158. The van der Waals surface area contributed by atoms with E-state index in [1.165, 1.54) is 18.6 Å². The summed E-state index contributed by atoms with van der Waals surface area (Å²) in [5, 5.41) is 17.7. The Morgan fingerprint density at radius 1 is 1.26 bits per heavy atom. The first kappa shape index (κ1) is 28.3. The molecule has 1 aromatic carbocycles. The van der Waals surface area contributed by atoms with Crippen LogP contribution in [0.5, 0.6) is 5.88 Å². The van der Waals surface area contributed by atoms with Crippen LogP contribution in [0.1, 0.15) is 76.1 Å². The van der Waals surface area contributed by atoms with Crippen molar-refractivity contribution < 1.29 is 19.0 Å². The lowest BCUT2D eigenvalue weighted by Gasteiger charge is -2.47. The number of carbonyl (C=O) groups is 1. The van der Waals surface area contributed by atoms with Crippen LogP contribution in [0.2, 0.25) is 0 Å². The van der Waals surface area contributed by atoms with Crippen LogP contribution in [0.3, 0.4) is 0 Å². The molecule has 0 saturated heterocycles. The molecule has 38 heavy (non-hydrogen) atoms. The van der Waals surface area contributed by atoms with Crippen molar-refractivity contribution in [3.8, 4) is 5.88 Å². The molecular weight excluding hydrogens is 483 g/mol. The Hall–Kier alpha value is -2.71. The number of hydrogen-bond acceptors (Lipinski definition) is 6. The molecule has 1 aliphatic heterocycles. The first-order valence-corrected chi connectivity index (χ1v) is 13.7. The van der Waals surface area contributed by atoms with E-state index in [0.29, 0.717) is 18.0 Å². The van der Waals surface area contributed by atoms with E-state index in [1.54, 1.807) is 31.1 Å². The summed E-state index contributed by atoms with van der Waals surface area (Å²) in [6.07, 6.45) is 6.34. The highest BCUT2D eigenvalue weighted by Gasteiger charge is 2.46. The summed E-state index contributed by atoms with van der Waals surface area (Å²) in [4.78, 5) is 18.4. The van der Waals surface area contributed by atoms with Crippen LogP contribution in [0, 0.1) is 11.2 Å². The van der Waals surface area contributed by atoms with E-state index < -0.39 is 12.1 Å². The molecule has 1 aromatic heterocycles. The normalized spacial score (nSPS) is 19.6. The number of fused-ring (bicyclic) bond motifs is 1. The van der Waals surface area contributed by atoms with Crippen molar-refractivity contribution >= 4 is 11.6 Å². The summed E-state index contributed by atoms with van der Waals surface area (Å²) in [5.41, 5.74) is 3.45. The molecule has 2 heterocycles. The third-order valence-electron chi connectivity index (χ3n) is 7.57. The van der Waals surface area contributed by atoms with Crippen LogP contribution in [0.25, 0.3) is 0 Å². The maximum atomic E-state index is 14.2. The Labute approximate surface area is 226 Å². The smallest absolute Gasteiger partial charge is 0.218 e. The fourth-order valence-electron chi connectivity index (χ4n) is 5.58. The van der Waals surface area contributed by atoms with Gasteiger partial charge < -0.3 is 25.4 Å². The van der Waals surface area contributed by atoms with Crippen molar-refractivity contribution in [3.63, 3.8) is 0 Å². The number of pyridine rings is 1. The lowest BCUT2D eigenvalue weighted by Crippen LogP contribution is -2.52. The average molecular weight is 527 g/mol. The molecular formula is C30H43FN4O3. The van der Waals surface area contributed by atoms with Gasteiger partial charge in [0.2, 0.25) is 11.8 Å². The van der Waals surface area contributed by atoms with Gasteiger partial charge in [0.1, 0.15) is 11.4 Å². The molecule has 3 N–H and O–H groups in total. The lowest BCUT2D eigenvalue weighted by atomic mass is 9.73. The third kappa shape index (κ3) is 6.83. The highest BCUT2D eigenvalue weighted by atomic mass is 19.1. The predicted molar refractivity (Wildman–Crippen MR) is 148 cm³/mol. The average Bonchev–Trinajstić information content (AvgIpc) is 2.80. The van der Waals surface area contributed by atoms with Gasteiger partial charge in [-0.25, -0.2) is 9.37 Å². The number of anilines is 1. The molecule has 8 heteroatoms. The standard InChI is InChI=1S/C30H43FN4O3/c1-19(36)34-24(13-20-8-9-23(31)26(14-20)35(5)6)27(37)18-32-25-16-30(10-7-11-30)38-28-22(25)12-21(17-33-28)15-29(2,3)4/h8-9,12,14,17,24-25,27,32,37H,7,10-11,13,15-16,18H2,1-6H3,(H,34,36)/t24-,25-,27-/m0/s1. The molecule has 208 valence electrons. The molecule has 0 bridgehead atoms. The van der Waals surface area contributed by atoms with Gasteiger partial charge in [-0.15, -0.1) is 0 Å². The van der Waals surface area contributed by atoms with Gasteiger partial charge in [-0.2, -0.15) is 0 Å². The van der Waals surface area contributed by atoms with Crippen molar-refractivity contribution in [1.82, 2.24) is 15.6 Å². The minimum atomic E-state index is -0.846. The van der Waals surface area contributed by atoms with Crippen LogP contribution >= 0.6 is 0 Å². The first-order chi connectivity index (χ1) is 17.8. The molecule has 4 rings (SSSR count). The molecule has 1 fully saturated rings. The second kappa shape index (κ2) is 11.2. The van der Waals surface area contributed by atoms with E-state index >= 15 is 0 Å². The number of amides is 1. The van der Waals surface area contributed by atoms with E-state index in [2.05, 4.69) is 37.5 Å². The molecule has 1 aliphatic carbocycles. The number of aliphatic hydroxyl groups is 1. The molecule has 1 spiro atoms. The number of nitrogens with zero attached hydrogens (tertiary/aromatic N) is 2. The molecule has 1 saturated carbocycles. The van der Waals surface area contributed by atoms with E-state index in [9.17, 15) is 14.3 Å². The van der Waals surface area contributed by atoms with Crippen molar-refractivity contribution in [2.75, 3.05) is 25.5 Å².